The van der Waals surface area contributed by atoms with Crippen LogP contribution >= 0.6 is 0 Å². The van der Waals surface area contributed by atoms with Crippen molar-refractivity contribution in [3.63, 3.8) is 0 Å². The summed E-state index contributed by atoms with van der Waals surface area (Å²) in [5.41, 5.74) is 1.14. The summed E-state index contributed by atoms with van der Waals surface area (Å²) in [5, 5.41) is 9.66. The van der Waals surface area contributed by atoms with E-state index in [4.69, 9.17) is 9.26 Å². The molecule has 26 heavy (non-hydrogen) atoms. The van der Waals surface area contributed by atoms with Crippen LogP contribution in [0.2, 0.25) is 0 Å². The van der Waals surface area contributed by atoms with Crippen molar-refractivity contribution < 1.29 is 14.1 Å². The van der Waals surface area contributed by atoms with Gasteiger partial charge in [-0.2, -0.15) is 0 Å². The number of carbonyl (C=O) groups is 1. The number of amides is 1. The minimum atomic E-state index is -0.237. The molecule has 0 fully saturated rings. The van der Waals surface area contributed by atoms with Crippen LogP contribution < -0.4 is 15.4 Å². The van der Waals surface area contributed by atoms with Crippen LogP contribution in [0.3, 0.4) is 0 Å². The first kappa shape index (κ1) is 17.5. The quantitative estimate of drug-likeness (QED) is 0.692. The average molecular weight is 352 g/mol. The monoisotopic (exact) mass is 352 g/mol. The lowest BCUT2D eigenvalue weighted by atomic mass is 10.2. The second-order valence-electron chi connectivity index (χ2n) is 6.03. The molecular weight excluding hydrogens is 332 g/mol. The third-order valence-corrected chi connectivity index (χ3v) is 3.39. The molecule has 0 spiro atoms. The van der Waals surface area contributed by atoms with Crippen LogP contribution in [-0.2, 0) is 0 Å². The predicted octanol–water partition coefficient (Wildman–Crippen LogP) is 4.16. The summed E-state index contributed by atoms with van der Waals surface area (Å²) in [4.78, 5) is 16.5. The maximum atomic E-state index is 12.3. The molecule has 0 unspecified atom stereocenters. The lowest BCUT2D eigenvalue weighted by Crippen LogP contribution is -2.12. The van der Waals surface area contributed by atoms with E-state index in [2.05, 4.69) is 20.8 Å². The van der Waals surface area contributed by atoms with Gasteiger partial charge in [-0.15, -0.1) is 0 Å². The molecule has 0 radical (unpaired) electrons. The number of benzene rings is 1. The number of nitrogens with zero attached hydrogens (tertiary/aromatic N) is 2. The van der Waals surface area contributed by atoms with Crippen LogP contribution in [-0.4, -0.2) is 22.2 Å². The van der Waals surface area contributed by atoms with E-state index in [1.54, 1.807) is 37.3 Å². The normalized spacial score (nSPS) is 10.6. The highest BCUT2D eigenvalue weighted by Crippen LogP contribution is 2.18. The lowest BCUT2D eigenvalue weighted by molar-refractivity contribution is 0.102. The van der Waals surface area contributed by atoms with E-state index in [9.17, 15) is 4.79 Å². The van der Waals surface area contributed by atoms with Crippen LogP contribution in [0, 0.1) is 6.92 Å². The van der Waals surface area contributed by atoms with Crippen molar-refractivity contribution in [2.24, 2.45) is 0 Å². The number of anilines is 3. The number of hydrogen-bond acceptors (Lipinski definition) is 6. The van der Waals surface area contributed by atoms with Gasteiger partial charge in [0.25, 0.3) is 5.91 Å². The fraction of sp³-hybridized carbons (Fsp3) is 0.211. The number of rotatable bonds is 6. The zero-order chi connectivity index (χ0) is 18.5. The maximum absolute atomic E-state index is 12.3. The highest BCUT2D eigenvalue weighted by molar-refractivity contribution is 6.04. The van der Waals surface area contributed by atoms with Crippen molar-refractivity contribution >= 4 is 23.2 Å². The summed E-state index contributed by atoms with van der Waals surface area (Å²) in [6.07, 6.45) is 1.61. The maximum Gasteiger partial charge on any atom is 0.257 e. The fourth-order valence-corrected chi connectivity index (χ4v) is 2.25. The number of hydrogen-bond donors (Lipinski definition) is 2. The number of carbonyl (C=O) groups excluding carboxylic acids is 1. The second kappa shape index (κ2) is 7.69. The molecule has 0 saturated carbocycles. The van der Waals surface area contributed by atoms with Crippen molar-refractivity contribution in [3.05, 3.63) is 60.0 Å². The molecule has 0 saturated heterocycles. The van der Waals surface area contributed by atoms with E-state index in [1.807, 2.05) is 26.0 Å². The Morgan fingerprint density at radius 3 is 2.46 bits per heavy atom. The summed E-state index contributed by atoms with van der Waals surface area (Å²) in [6.45, 7) is 5.73. The Bertz CT molecular complexity index is 871. The summed E-state index contributed by atoms with van der Waals surface area (Å²) >= 11 is 0. The Morgan fingerprint density at radius 2 is 1.88 bits per heavy atom. The van der Waals surface area contributed by atoms with Crippen molar-refractivity contribution in [1.82, 2.24) is 10.1 Å². The van der Waals surface area contributed by atoms with E-state index in [-0.39, 0.29) is 12.0 Å². The first-order valence-electron chi connectivity index (χ1n) is 8.24. The van der Waals surface area contributed by atoms with Gasteiger partial charge >= 0.3 is 0 Å². The van der Waals surface area contributed by atoms with Crippen LogP contribution in [0.15, 0.2) is 53.2 Å². The van der Waals surface area contributed by atoms with Gasteiger partial charge < -0.3 is 19.9 Å². The highest BCUT2D eigenvalue weighted by atomic mass is 16.5. The summed E-state index contributed by atoms with van der Waals surface area (Å²) < 4.78 is 10.6. The molecular formula is C19H20N4O3. The summed E-state index contributed by atoms with van der Waals surface area (Å²) in [6, 6.07) is 12.4. The second-order valence-corrected chi connectivity index (χ2v) is 6.03. The standard InChI is InChI=1S/C19H20N4O3/c1-12(2)25-16-7-5-15(6-8-16)21-19(24)14-4-9-17(20-11-14)22-18-10-13(3)26-23-18/h4-12H,1-3H3,(H,21,24)(H,20,22,23). The van der Waals surface area contributed by atoms with Crippen molar-refractivity contribution in [2.45, 2.75) is 26.9 Å². The first-order chi connectivity index (χ1) is 12.5. The number of pyridine rings is 1. The predicted molar refractivity (Wildman–Crippen MR) is 98.9 cm³/mol. The molecule has 134 valence electrons. The van der Waals surface area contributed by atoms with Crippen molar-refractivity contribution in [2.75, 3.05) is 10.6 Å². The molecule has 1 amide bonds. The molecule has 0 bridgehead atoms. The molecule has 3 aromatic rings. The number of ether oxygens (including phenoxy) is 1. The van der Waals surface area contributed by atoms with Gasteiger partial charge in [0.1, 0.15) is 17.3 Å². The fourth-order valence-electron chi connectivity index (χ4n) is 2.25. The van der Waals surface area contributed by atoms with Crippen LogP contribution in [0.1, 0.15) is 30.0 Å². The van der Waals surface area contributed by atoms with E-state index in [1.165, 1.54) is 6.20 Å². The SMILES string of the molecule is Cc1cc(Nc2ccc(C(=O)Nc3ccc(OC(C)C)cc3)cn2)no1. The van der Waals surface area contributed by atoms with Crippen molar-refractivity contribution in [3.8, 4) is 5.75 Å². The van der Waals surface area contributed by atoms with Gasteiger partial charge in [0.05, 0.1) is 11.7 Å². The Hall–Kier alpha value is -3.35. The molecule has 0 aliphatic heterocycles. The molecule has 2 N–H and O–H groups in total. The first-order valence-corrected chi connectivity index (χ1v) is 8.24. The van der Waals surface area contributed by atoms with Gasteiger partial charge in [-0.3, -0.25) is 4.79 Å². The number of aromatic nitrogens is 2. The molecule has 1 aromatic carbocycles. The Morgan fingerprint density at radius 1 is 1.12 bits per heavy atom. The minimum Gasteiger partial charge on any atom is -0.491 e. The van der Waals surface area contributed by atoms with Crippen LogP contribution in [0.25, 0.3) is 0 Å². The van der Waals surface area contributed by atoms with Gasteiger partial charge in [0.15, 0.2) is 5.82 Å². The van der Waals surface area contributed by atoms with Crippen LogP contribution in [0.5, 0.6) is 5.75 Å². The van der Waals surface area contributed by atoms with Gasteiger partial charge in [0.2, 0.25) is 0 Å². The van der Waals surface area contributed by atoms with Crippen LogP contribution in [0.4, 0.5) is 17.3 Å². The smallest absolute Gasteiger partial charge is 0.257 e. The lowest BCUT2D eigenvalue weighted by Gasteiger charge is -2.10. The third kappa shape index (κ3) is 4.60. The van der Waals surface area contributed by atoms with Gasteiger partial charge in [-0.1, -0.05) is 5.16 Å². The number of nitrogens with one attached hydrogen (secondary N) is 2. The van der Waals surface area contributed by atoms with Gasteiger partial charge in [0, 0.05) is 18.0 Å². The molecule has 7 nitrogen and oxygen atoms in total. The Balaban J connectivity index is 1.60. The minimum absolute atomic E-state index is 0.106. The Labute approximate surface area is 151 Å². The van der Waals surface area contributed by atoms with Gasteiger partial charge in [-0.25, -0.2) is 4.98 Å². The van der Waals surface area contributed by atoms with E-state index >= 15 is 0 Å². The molecule has 3 rings (SSSR count). The molecule has 0 aliphatic carbocycles. The highest BCUT2D eigenvalue weighted by Gasteiger charge is 2.08. The topological polar surface area (TPSA) is 89.3 Å². The third-order valence-electron chi connectivity index (χ3n) is 3.39. The molecule has 2 aromatic heterocycles. The molecule has 2 heterocycles. The summed E-state index contributed by atoms with van der Waals surface area (Å²) in [5.74, 6) is 2.37. The molecule has 0 atom stereocenters. The zero-order valence-electron chi connectivity index (χ0n) is 14.8. The van der Waals surface area contributed by atoms with E-state index < -0.39 is 0 Å². The molecule has 7 heteroatoms. The van der Waals surface area contributed by atoms with E-state index in [0.717, 1.165) is 5.75 Å². The average Bonchev–Trinajstić information content (AvgIpc) is 3.01. The van der Waals surface area contributed by atoms with Crippen molar-refractivity contribution in [1.29, 1.82) is 0 Å². The van der Waals surface area contributed by atoms with Gasteiger partial charge in [-0.05, 0) is 57.2 Å². The Kier molecular flexibility index (Phi) is 5.17. The summed E-state index contributed by atoms with van der Waals surface area (Å²) in [7, 11) is 0. The largest absolute Gasteiger partial charge is 0.491 e. The van der Waals surface area contributed by atoms with E-state index in [0.29, 0.717) is 28.6 Å². The molecule has 0 aliphatic rings. The number of aryl methyl sites for hydroxylation is 1. The zero-order valence-corrected chi connectivity index (χ0v) is 14.8.